The molecule has 1 amide bonds. The van der Waals surface area contributed by atoms with Crippen molar-refractivity contribution in [3.8, 4) is 0 Å². The second kappa shape index (κ2) is 8.59. The number of hydrogen-bond acceptors (Lipinski definition) is 3. The molecule has 0 saturated heterocycles. The molecule has 4 nitrogen and oxygen atoms in total. The van der Waals surface area contributed by atoms with Gasteiger partial charge in [-0.1, -0.05) is 19.8 Å². The summed E-state index contributed by atoms with van der Waals surface area (Å²) in [4.78, 5) is 14.2. The second-order valence-electron chi connectivity index (χ2n) is 4.96. The van der Waals surface area contributed by atoms with Crippen molar-refractivity contribution in [2.45, 2.75) is 46.1 Å². The van der Waals surface area contributed by atoms with E-state index in [2.05, 4.69) is 31.0 Å². The smallest absolute Gasteiger partial charge is 0.241 e. The predicted molar refractivity (Wildman–Crippen MR) is 86.1 cm³/mol. The molecule has 0 aromatic heterocycles. The van der Waals surface area contributed by atoms with Crippen LogP contribution in [0, 0.1) is 0 Å². The average molecular weight is 277 g/mol. The van der Waals surface area contributed by atoms with Crippen LogP contribution in [0.4, 0.5) is 11.4 Å². The van der Waals surface area contributed by atoms with E-state index in [1.54, 1.807) is 0 Å². The lowest BCUT2D eigenvalue weighted by atomic mass is 10.1. The molecule has 0 spiro atoms. The Morgan fingerprint density at radius 2 is 1.80 bits per heavy atom. The van der Waals surface area contributed by atoms with Gasteiger partial charge in [0.15, 0.2) is 0 Å². The highest BCUT2D eigenvalue weighted by molar-refractivity contribution is 5.94. The molecular formula is C16H27N3O. The van der Waals surface area contributed by atoms with Gasteiger partial charge in [0.05, 0.1) is 6.04 Å². The average Bonchev–Trinajstić information content (AvgIpc) is 2.47. The van der Waals surface area contributed by atoms with Gasteiger partial charge in [-0.05, 0) is 44.5 Å². The largest absolute Gasteiger partial charge is 0.372 e. The zero-order valence-corrected chi connectivity index (χ0v) is 12.9. The van der Waals surface area contributed by atoms with Crippen LogP contribution in [0.3, 0.4) is 0 Å². The maximum absolute atomic E-state index is 11.9. The Hall–Kier alpha value is -1.55. The highest BCUT2D eigenvalue weighted by Gasteiger charge is 2.12. The number of benzene rings is 1. The van der Waals surface area contributed by atoms with Crippen molar-refractivity contribution in [3.05, 3.63) is 24.3 Å². The molecule has 0 aliphatic carbocycles. The van der Waals surface area contributed by atoms with E-state index in [1.165, 1.54) is 5.69 Å². The Bertz CT molecular complexity index is 399. The molecule has 0 aliphatic rings. The van der Waals surface area contributed by atoms with Crippen LogP contribution in [-0.2, 0) is 4.79 Å². The van der Waals surface area contributed by atoms with E-state index in [4.69, 9.17) is 5.73 Å². The number of anilines is 2. The quantitative estimate of drug-likeness (QED) is 0.768. The van der Waals surface area contributed by atoms with Crippen molar-refractivity contribution in [3.63, 3.8) is 0 Å². The molecule has 0 radical (unpaired) electrons. The predicted octanol–water partition coefficient (Wildman–Crippen LogP) is 2.99. The topological polar surface area (TPSA) is 58.4 Å². The molecule has 1 rings (SSSR count). The van der Waals surface area contributed by atoms with Gasteiger partial charge in [-0.15, -0.1) is 0 Å². The maximum atomic E-state index is 11.9. The molecule has 1 unspecified atom stereocenters. The fourth-order valence-electron chi connectivity index (χ4n) is 2.13. The van der Waals surface area contributed by atoms with Crippen LogP contribution in [0.25, 0.3) is 0 Å². The minimum Gasteiger partial charge on any atom is -0.372 e. The van der Waals surface area contributed by atoms with E-state index in [-0.39, 0.29) is 5.91 Å². The number of carbonyl (C=O) groups is 1. The van der Waals surface area contributed by atoms with Gasteiger partial charge in [0, 0.05) is 24.5 Å². The first-order valence-corrected chi connectivity index (χ1v) is 7.53. The third-order valence-electron chi connectivity index (χ3n) is 3.47. The van der Waals surface area contributed by atoms with Gasteiger partial charge in [-0.3, -0.25) is 4.79 Å². The first-order valence-electron chi connectivity index (χ1n) is 7.53. The van der Waals surface area contributed by atoms with Gasteiger partial charge >= 0.3 is 0 Å². The van der Waals surface area contributed by atoms with E-state index in [0.717, 1.165) is 38.0 Å². The molecule has 1 atom stereocenters. The third kappa shape index (κ3) is 4.85. The summed E-state index contributed by atoms with van der Waals surface area (Å²) in [6.45, 7) is 8.31. The van der Waals surface area contributed by atoms with Crippen molar-refractivity contribution < 1.29 is 4.79 Å². The molecule has 4 heteroatoms. The van der Waals surface area contributed by atoms with E-state index in [0.29, 0.717) is 0 Å². The van der Waals surface area contributed by atoms with Gasteiger partial charge in [0.1, 0.15) is 0 Å². The molecule has 0 bridgehead atoms. The molecule has 20 heavy (non-hydrogen) atoms. The van der Waals surface area contributed by atoms with Crippen LogP contribution in [0.5, 0.6) is 0 Å². The molecule has 0 fully saturated rings. The van der Waals surface area contributed by atoms with Crippen LogP contribution in [-0.4, -0.2) is 25.0 Å². The molecule has 1 aromatic carbocycles. The number of hydrogen-bond donors (Lipinski definition) is 2. The lowest BCUT2D eigenvalue weighted by molar-refractivity contribution is -0.117. The fraction of sp³-hybridized carbons (Fsp3) is 0.562. The van der Waals surface area contributed by atoms with Crippen LogP contribution >= 0.6 is 0 Å². The number of nitrogens with zero attached hydrogens (tertiary/aromatic N) is 1. The monoisotopic (exact) mass is 277 g/mol. The van der Waals surface area contributed by atoms with Crippen molar-refractivity contribution >= 4 is 17.3 Å². The highest BCUT2D eigenvalue weighted by atomic mass is 16.2. The van der Waals surface area contributed by atoms with Gasteiger partial charge < -0.3 is 16.0 Å². The zero-order chi connectivity index (χ0) is 15.0. The highest BCUT2D eigenvalue weighted by Crippen LogP contribution is 2.17. The van der Waals surface area contributed by atoms with Gasteiger partial charge in [-0.2, -0.15) is 0 Å². The molecule has 3 N–H and O–H groups in total. The number of amides is 1. The SMILES string of the molecule is CCCCC(N)C(=O)Nc1ccc(N(CC)CC)cc1. The van der Waals surface area contributed by atoms with E-state index < -0.39 is 6.04 Å². The third-order valence-corrected chi connectivity index (χ3v) is 3.47. The molecule has 112 valence electrons. The van der Waals surface area contributed by atoms with E-state index in [1.807, 2.05) is 24.3 Å². The summed E-state index contributed by atoms with van der Waals surface area (Å²) in [5.74, 6) is -0.103. The summed E-state index contributed by atoms with van der Waals surface area (Å²) in [6.07, 6.45) is 2.77. The lowest BCUT2D eigenvalue weighted by Crippen LogP contribution is -2.35. The Balaban J connectivity index is 2.58. The number of unbranched alkanes of at least 4 members (excludes halogenated alkanes) is 1. The molecule has 0 saturated carbocycles. The summed E-state index contributed by atoms with van der Waals surface area (Å²) < 4.78 is 0. The number of rotatable bonds is 8. The Morgan fingerprint density at radius 3 is 2.30 bits per heavy atom. The number of carbonyl (C=O) groups excluding carboxylic acids is 1. The first-order chi connectivity index (χ1) is 9.62. The lowest BCUT2D eigenvalue weighted by Gasteiger charge is -2.21. The fourth-order valence-corrected chi connectivity index (χ4v) is 2.13. The van der Waals surface area contributed by atoms with Gasteiger partial charge in [0.2, 0.25) is 5.91 Å². The number of nitrogens with two attached hydrogens (primary N) is 1. The normalized spacial score (nSPS) is 12.0. The van der Waals surface area contributed by atoms with Crippen molar-refractivity contribution in [2.75, 3.05) is 23.3 Å². The van der Waals surface area contributed by atoms with Crippen molar-refractivity contribution in [2.24, 2.45) is 5.73 Å². The van der Waals surface area contributed by atoms with Crippen LogP contribution in [0.1, 0.15) is 40.0 Å². The summed E-state index contributed by atoms with van der Waals surface area (Å²) in [5, 5.41) is 2.87. The Kier molecular flexibility index (Phi) is 7.09. The standard InChI is InChI=1S/C16H27N3O/c1-4-7-8-15(17)16(20)18-13-9-11-14(12-10-13)19(5-2)6-3/h9-12,15H,4-8,17H2,1-3H3,(H,18,20). The Labute approximate surface area is 122 Å². The van der Waals surface area contributed by atoms with Crippen LogP contribution in [0.15, 0.2) is 24.3 Å². The van der Waals surface area contributed by atoms with E-state index in [9.17, 15) is 4.79 Å². The number of nitrogens with one attached hydrogen (secondary N) is 1. The summed E-state index contributed by atoms with van der Waals surface area (Å²) in [7, 11) is 0. The van der Waals surface area contributed by atoms with Crippen molar-refractivity contribution in [1.29, 1.82) is 0 Å². The van der Waals surface area contributed by atoms with Crippen LogP contribution in [0.2, 0.25) is 0 Å². The minimum atomic E-state index is -0.419. The van der Waals surface area contributed by atoms with Gasteiger partial charge in [-0.25, -0.2) is 0 Å². The molecule has 0 heterocycles. The summed E-state index contributed by atoms with van der Waals surface area (Å²) in [6, 6.07) is 7.49. The minimum absolute atomic E-state index is 0.103. The maximum Gasteiger partial charge on any atom is 0.241 e. The second-order valence-corrected chi connectivity index (χ2v) is 4.96. The molecule has 1 aromatic rings. The Morgan fingerprint density at radius 1 is 1.20 bits per heavy atom. The molecule has 0 aliphatic heterocycles. The summed E-state index contributed by atoms with van der Waals surface area (Å²) >= 11 is 0. The zero-order valence-electron chi connectivity index (χ0n) is 12.9. The van der Waals surface area contributed by atoms with E-state index >= 15 is 0 Å². The van der Waals surface area contributed by atoms with Gasteiger partial charge in [0.25, 0.3) is 0 Å². The van der Waals surface area contributed by atoms with Crippen molar-refractivity contribution in [1.82, 2.24) is 0 Å². The molecular weight excluding hydrogens is 250 g/mol. The first kappa shape index (κ1) is 16.5. The van der Waals surface area contributed by atoms with Crippen LogP contribution < -0.4 is 16.0 Å². The summed E-state index contributed by atoms with van der Waals surface area (Å²) in [5.41, 5.74) is 7.83.